The minimum Gasteiger partial charge on any atom is -0.385 e. The molecule has 1 aromatic carbocycles. The van der Waals surface area contributed by atoms with Crippen molar-refractivity contribution in [2.24, 2.45) is 0 Å². The fourth-order valence-corrected chi connectivity index (χ4v) is 1.15. The van der Waals surface area contributed by atoms with E-state index in [1.54, 1.807) is 7.11 Å². The van der Waals surface area contributed by atoms with Crippen LogP contribution in [-0.4, -0.2) is 17.8 Å². The molecule has 1 unspecified atom stereocenters. The Balaban J connectivity index is 2.85. The highest BCUT2D eigenvalue weighted by Gasteiger charge is 2.28. The molecule has 0 aliphatic heterocycles. The van der Waals surface area contributed by atoms with Crippen LogP contribution in [0.3, 0.4) is 0 Å². The van der Waals surface area contributed by atoms with Crippen LogP contribution in [0.15, 0.2) is 30.3 Å². The van der Waals surface area contributed by atoms with E-state index in [4.69, 9.17) is 4.74 Å². The number of methoxy groups -OCH3 is 1. The van der Waals surface area contributed by atoms with Gasteiger partial charge in [-0.3, -0.25) is 0 Å². The van der Waals surface area contributed by atoms with E-state index < -0.39 is 11.7 Å². The third-order valence-electron chi connectivity index (χ3n) is 2.30. The number of rotatable bonds is 3. The summed E-state index contributed by atoms with van der Waals surface area (Å²) in [6, 6.07) is 9.53. The summed E-state index contributed by atoms with van der Waals surface area (Å²) in [7, 11) is 1.60. The molecule has 13 heavy (non-hydrogen) atoms. The topological polar surface area (TPSA) is 29.5 Å². The zero-order valence-corrected chi connectivity index (χ0v) is 8.32. The Morgan fingerprint density at radius 1 is 1.23 bits per heavy atom. The summed E-state index contributed by atoms with van der Waals surface area (Å²) < 4.78 is 5.20. The first-order valence-electron chi connectivity index (χ1n) is 4.36. The lowest BCUT2D eigenvalue weighted by molar-refractivity contribution is -0.0793. The molecule has 0 bridgehead atoms. The van der Waals surface area contributed by atoms with Crippen molar-refractivity contribution in [3.05, 3.63) is 35.9 Å². The Hall–Kier alpha value is -0.860. The van der Waals surface area contributed by atoms with Crippen molar-refractivity contribution in [3.8, 4) is 0 Å². The van der Waals surface area contributed by atoms with Gasteiger partial charge in [0.25, 0.3) is 0 Å². The van der Waals surface area contributed by atoms with Crippen molar-refractivity contribution in [3.63, 3.8) is 0 Å². The van der Waals surface area contributed by atoms with Crippen molar-refractivity contribution >= 4 is 0 Å². The van der Waals surface area contributed by atoms with Gasteiger partial charge in [-0.1, -0.05) is 30.3 Å². The molecular weight excluding hydrogens is 164 g/mol. The fourth-order valence-electron chi connectivity index (χ4n) is 1.15. The van der Waals surface area contributed by atoms with Crippen molar-refractivity contribution in [2.45, 2.75) is 25.6 Å². The lowest BCUT2D eigenvalue weighted by Gasteiger charge is -2.29. The Labute approximate surface area is 79.2 Å². The van der Waals surface area contributed by atoms with Crippen LogP contribution in [0, 0.1) is 0 Å². The predicted molar refractivity (Wildman–Crippen MR) is 52.5 cm³/mol. The smallest absolute Gasteiger partial charge is 0.107 e. The van der Waals surface area contributed by atoms with E-state index in [9.17, 15) is 5.11 Å². The number of hydrogen-bond donors (Lipinski definition) is 1. The van der Waals surface area contributed by atoms with Gasteiger partial charge in [-0.05, 0) is 19.4 Å². The van der Waals surface area contributed by atoms with Gasteiger partial charge < -0.3 is 9.84 Å². The van der Waals surface area contributed by atoms with E-state index >= 15 is 0 Å². The average molecular weight is 180 g/mol. The highest BCUT2D eigenvalue weighted by atomic mass is 16.5. The van der Waals surface area contributed by atoms with Gasteiger partial charge >= 0.3 is 0 Å². The molecule has 0 amide bonds. The molecule has 1 atom stereocenters. The van der Waals surface area contributed by atoms with Crippen LogP contribution in [0.25, 0.3) is 0 Å². The Kier molecular flexibility index (Phi) is 3.07. The molecule has 2 nitrogen and oxygen atoms in total. The molecule has 1 N–H and O–H groups in total. The van der Waals surface area contributed by atoms with E-state index in [0.717, 1.165) is 5.56 Å². The first kappa shape index (κ1) is 10.2. The van der Waals surface area contributed by atoms with Crippen LogP contribution in [0.1, 0.15) is 25.5 Å². The molecule has 72 valence electrons. The third-order valence-corrected chi connectivity index (χ3v) is 2.30. The maximum Gasteiger partial charge on any atom is 0.107 e. The molecule has 2 heteroatoms. The highest BCUT2D eigenvalue weighted by molar-refractivity contribution is 5.19. The number of ether oxygens (including phenoxy) is 1. The van der Waals surface area contributed by atoms with Crippen molar-refractivity contribution < 1.29 is 9.84 Å². The largest absolute Gasteiger partial charge is 0.385 e. The van der Waals surface area contributed by atoms with E-state index in [1.807, 2.05) is 44.2 Å². The van der Waals surface area contributed by atoms with Crippen molar-refractivity contribution in [1.82, 2.24) is 0 Å². The minimum absolute atomic E-state index is 0.540. The Morgan fingerprint density at radius 2 is 1.77 bits per heavy atom. The molecule has 0 fully saturated rings. The van der Waals surface area contributed by atoms with Crippen LogP contribution >= 0.6 is 0 Å². The monoisotopic (exact) mass is 180 g/mol. The zero-order chi connectivity index (χ0) is 9.90. The molecular formula is C11H16O2. The second-order valence-corrected chi connectivity index (χ2v) is 3.62. The number of aliphatic hydroxyl groups excluding tert-OH is 1. The van der Waals surface area contributed by atoms with Crippen LogP contribution in [0.4, 0.5) is 0 Å². The summed E-state index contributed by atoms with van der Waals surface area (Å²) in [5.74, 6) is 0. The quantitative estimate of drug-likeness (QED) is 0.772. The van der Waals surface area contributed by atoms with Gasteiger partial charge in [-0.2, -0.15) is 0 Å². The number of aliphatic hydroxyl groups is 1. The highest BCUT2D eigenvalue weighted by Crippen LogP contribution is 2.27. The molecule has 0 aliphatic rings. The minimum atomic E-state index is -0.585. The first-order chi connectivity index (χ1) is 6.08. The van der Waals surface area contributed by atoms with Gasteiger partial charge in [0, 0.05) is 7.11 Å². The maximum absolute atomic E-state index is 9.92. The fraction of sp³-hybridized carbons (Fsp3) is 0.455. The molecule has 0 radical (unpaired) electrons. The molecule has 0 heterocycles. The molecule has 0 aromatic heterocycles. The third kappa shape index (κ3) is 2.29. The molecule has 0 saturated heterocycles. The molecule has 0 aliphatic carbocycles. The van der Waals surface area contributed by atoms with Crippen LogP contribution in [0.5, 0.6) is 0 Å². The lowest BCUT2D eigenvalue weighted by atomic mass is 9.95. The van der Waals surface area contributed by atoms with Crippen LogP contribution in [-0.2, 0) is 4.74 Å². The Morgan fingerprint density at radius 3 is 2.23 bits per heavy atom. The van der Waals surface area contributed by atoms with Crippen molar-refractivity contribution in [1.29, 1.82) is 0 Å². The summed E-state index contributed by atoms with van der Waals surface area (Å²) in [6.07, 6.45) is -0.585. The van der Waals surface area contributed by atoms with Gasteiger partial charge in [0.1, 0.15) is 6.10 Å². The molecule has 1 rings (SSSR count). The van der Waals surface area contributed by atoms with E-state index in [0.29, 0.717) is 0 Å². The van der Waals surface area contributed by atoms with Gasteiger partial charge in [0.2, 0.25) is 0 Å². The standard InChI is InChI=1S/C11H16O2/c1-11(2,13-3)10(12)9-7-5-4-6-8-9/h4-8,10,12H,1-3H3. The second-order valence-electron chi connectivity index (χ2n) is 3.62. The summed E-state index contributed by atoms with van der Waals surface area (Å²) in [5, 5.41) is 9.92. The van der Waals surface area contributed by atoms with E-state index in [-0.39, 0.29) is 0 Å². The number of hydrogen-bond acceptors (Lipinski definition) is 2. The summed E-state index contributed by atoms with van der Waals surface area (Å²) in [6.45, 7) is 3.73. The van der Waals surface area contributed by atoms with Gasteiger partial charge in [-0.15, -0.1) is 0 Å². The van der Waals surface area contributed by atoms with Crippen LogP contribution in [0.2, 0.25) is 0 Å². The predicted octanol–water partition coefficient (Wildman–Crippen LogP) is 2.15. The van der Waals surface area contributed by atoms with Crippen LogP contribution < -0.4 is 0 Å². The summed E-state index contributed by atoms with van der Waals surface area (Å²) in [5.41, 5.74) is 0.343. The zero-order valence-electron chi connectivity index (χ0n) is 8.32. The van der Waals surface area contributed by atoms with Gasteiger partial charge in [0.15, 0.2) is 0 Å². The summed E-state index contributed by atoms with van der Waals surface area (Å²) >= 11 is 0. The number of benzene rings is 1. The van der Waals surface area contributed by atoms with E-state index in [2.05, 4.69) is 0 Å². The van der Waals surface area contributed by atoms with Gasteiger partial charge in [0.05, 0.1) is 5.60 Å². The Bertz CT molecular complexity index is 254. The lowest BCUT2D eigenvalue weighted by Crippen LogP contribution is -2.31. The average Bonchev–Trinajstić information content (AvgIpc) is 2.18. The molecule has 0 spiro atoms. The first-order valence-corrected chi connectivity index (χ1v) is 4.36. The maximum atomic E-state index is 9.92. The van der Waals surface area contributed by atoms with E-state index in [1.165, 1.54) is 0 Å². The van der Waals surface area contributed by atoms with Gasteiger partial charge in [-0.25, -0.2) is 0 Å². The van der Waals surface area contributed by atoms with Crippen molar-refractivity contribution in [2.75, 3.05) is 7.11 Å². The molecule has 1 aromatic rings. The normalized spacial score (nSPS) is 14.2. The SMILES string of the molecule is COC(C)(C)C(O)c1ccccc1. The summed E-state index contributed by atoms with van der Waals surface area (Å²) in [4.78, 5) is 0. The molecule has 0 saturated carbocycles. The second kappa shape index (κ2) is 3.90.